The average molecular weight is 495 g/mol. The second-order valence-electron chi connectivity index (χ2n) is 8.31. The minimum Gasteiger partial charge on any atom is -0.452 e. The number of carbonyl (C=O) groups is 2. The molecule has 1 aliphatic rings. The molecule has 1 fully saturated rings. The molecule has 0 saturated carbocycles. The Morgan fingerprint density at radius 3 is 2.33 bits per heavy atom. The van der Waals surface area contributed by atoms with Crippen LogP contribution in [-0.4, -0.2) is 33.5 Å². The maximum absolute atomic E-state index is 13.2. The Labute approximate surface area is 206 Å². The van der Waals surface area contributed by atoms with Crippen molar-refractivity contribution >= 4 is 11.9 Å². The van der Waals surface area contributed by atoms with Gasteiger partial charge in [0.15, 0.2) is 6.10 Å². The van der Waals surface area contributed by atoms with Gasteiger partial charge < -0.3 is 18.9 Å². The first-order valence-corrected chi connectivity index (χ1v) is 11.4. The van der Waals surface area contributed by atoms with Gasteiger partial charge >= 0.3 is 17.6 Å². The fourth-order valence-electron chi connectivity index (χ4n) is 3.85. The van der Waals surface area contributed by atoms with E-state index >= 15 is 0 Å². The van der Waals surface area contributed by atoms with Gasteiger partial charge in [0.1, 0.15) is 13.0 Å². The third-order valence-electron chi connectivity index (χ3n) is 5.59. The highest BCUT2D eigenvalue weighted by Gasteiger charge is 2.42. The van der Waals surface area contributed by atoms with Crippen LogP contribution in [0.1, 0.15) is 41.1 Å². The lowest BCUT2D eigenvalue weighted by atomic mass is 10.2. The molecule has 2 aromatic carbocycles. The van der Waals surface area contributed by atoms with Gasteiger partial charge in [0.05, 0.1) is 12.2 Å². The largest absolute Gasteiger partial charge is 0.452 e. The first kappa shape index (κ1) is 25.1. The highest BCUT2D eigenvalue weighted by molar-refractivity contribution is 5.89. The van der Waals surface area contributed by atoms with Gasteiger partial charge in [0.2, 0.25) is 6.29 Å². The molecule has 0 spiro atoms. The molecule has 1 aromatic heterocycles. The first-order chi connectivity index (χ1) is 17.3. The van der Waals surface area contributed by atoms with Crippen LogP contribution < -0.4 is 11.2 Å². The highest BCUT2D eigenvalue weighted by Crippen LogP contribution is 2.31. The molecule has 4 rings (SSSR count). The third kappa shape index (κ3) is 5.78. The molecular weight excluding hydrogens is 468 g/mol. The topological polar surface area (TPSA) is 115 Å². The first-order valence-electron chi connectivity index (χ1n) is 11.4. The van der Waals surface area contributed by atoms with Crippen LogP contribution in [0.25, 0.3) is 0 Å². The zero-order valence-electron chi connectivity index (χ0n) is 19.9. The van der Waals surface area contributed by atoms with E-state index < -0.39 is 41.8 Å². The third-order valence-corrected chi connectivity index (χ3v) is 5.59. The van der Waals surface area contributed by atoms with Crippen molar-refractivity contribution in [1.82, 2.24) is 9.13 Å². The van der Waals surface area contributed by atoms with Crippen molar-refractivity contribution in [2.24, 2.45) is 0 Å². The summed E-state index contributed by atoms with van der Waals surface area (Å²) < 4.78 is 24.3. The fraction of sp³-hybridized carbons (Fsp3) is 0.308. The molecule has 10 nitrogen and oxygen atoms in total. The number of nitrogens with zero attached hydrogens (tertiary/aromatic N) is 2. The molecule has 1 aliphatic heterocycles. The number of esters is 2. The van der Waals surface area contributed by atoms with Crippen molar-refractivity contribution < 1.29 is 28.5 Å². The molecule has 3 aromatic rings. The Hall–Kier alpha value is -4.02. The molecule has 0 N–H and O–H groups in total. The molecular formula is C26H26N2O8. The molecule has 36 heavy (non-hydrogen) atoms. The molecule has 3 atom stereocenters. The average Bonchev–Trinajstić information content (AvgIpc) is 3.25. The van der Waals surface area contributed by atoms with Crippen molar-refractivity contribution in [3.63, 3.8) is 0 Å². The Morgan fingerprint density at radius 1 is 1.00 bits per heavy atom. The molecule has 0 amide bonds. The number of aromatic nitrogens is 2. The number of rotatable bonds is 8. The summed E-state index contributed by atoms with van der Waals surface area (Å²) in [6.07, 6.45) is -1.74. The summed E-state index contributed by atoms with van der Waals surface area (Å²) >= 11 is 0. The Morgan fingerprint density at radius 2 is 1.67 bits per heavy atom. The number of ether oxygens (including phenoxy) is 4. The fourth-order valence-corrected chi connectivity index (χ4v) is 3.85. The summed E-state index contributed by atoms with van der Waals surface area (Å²) in [5.41, 5.74) is 0.339. The molecule has 0 bridgehead atoms. The van der Waals surface area contributed by atoms with Gasteiger partial charge in [-0.1, -0.05) is 48.5 Å². The summed E-state index contributed by atoms with van der Waals surface area (Å²) in [5, 5.41) is 0. The van der Waals surface area contributed by atoms with Crippen molar-refractivity contribution in [3.05, 3.63) is 104 Å². The number of aryl methyl sites for hydroxylation is 1. The number of hydrogen-bond acceptors (Lipinski definition) is 8. The molecule has 1 saturated heterocycles. The van der Waals surface area contributed by atoms with Crippen molar-refractivity contribution in [2.45, 2.75) is 52.2 Å². The summed E-state index contributed by atoms with van der Waals surface area (Å²) in [5.74, 6) is -1.26. The summed E-state index contributed by atoms with van der Waals surface area (Å²) in [6.45, 7) is 2.72. The maximum atomic E-state index is 13.2. The normalized spacial score (nSPS) is 19.1. The Bertz CT molecular complexity index is 1330. The number of hydrogen-bond donors (Lipinski definition) is 0. The second kappa shape index (κ2) is 11.1. The van der Waals surface area contributed by atoms with E-state index in [1.165, 1.54) is 17.7 Å². The minimum absolute atomic E-state index is 0.0267. The van der Waals surface area contributed by atoms with Crippen LogP contribution in [0.3, 0.4) is 0 Å². The van der Waals surface area contributed by atoms with Gasteiger partial charge in [-0.2, -0.15) is 0 Å². The van der Waals surface area contributed by atoms with Crippen molar-refractivity contribution in [2.75, 3.05) is 0 Å². The molecule has 10 heteroatoms. The molecule has 0 aliphatic carbocycles. The van der Waals surface area contributed by atoms with E-state index in [4.69, 9.17) is 18.9 Å². The van der Waals surface area contributed by atoms with E-state index in [0.717, 1.165) is 10.1 Å². The van der Waals surface area contributed by atoms with Crippen molar-refractivity contribution in [3.8, 4) is 0 Å². The standard InChI is InChI=1S/C26H26N2O8/c1-17-14-27(26(32)28(23(17)30)16-33-15-19-9-5-3-6-10-19)22-13-21(25(36-22)34-18(2)29)35-24(31)20-11-7-4-8-12-20/h3-12,14,21-22,25H,13,15-16H2,1-2H3/t21-,22+,25-/m0/s1. The van der Waals surface area contributed by atoms with Crippen molar-refractivity contribution in [1.29, 1.82) is 0 Å². The van der Waals surface area contributed by atoms with Crippen LogP contribution in [0, 0.1) is 6.92 Å². The lowest BCUT2D eigenvalue weighted by molar-refractivity contribution is -0.191. The summed E-state index contributed by atoms with van der Waals surface area (Å²) in [7, 11) is 0. The van der Waals surface area contributed by atoms with E-state index in [2.05, 4.69) is 0 Å². The predicted octanol–water partition coefficient (Wildman–Crippen LogP) is 2.53. The smallest absolute Gasteiger partial charge is 0.338 e. The van der Waals surface area contributed by atoms with Crippen LogP contribution in [-0.2, 0) is 37.1 Å². The van der Waals surface area contributed by atoms with E-state index in [0.29, 0.717) is 5.56 Å². The number of carbonyl (C=O) groups excluding carboxylic acids is 2. The number of benzene rings is 2. The Balaban J connectivity index is 1.54. The van der Waals surface area contributed by atoms with Crippen LogP contribution in [0.15, 0.2) is 76.4 Å². The van der Waals surface area contributed by atoms with Crippen LogP contribution >= 0.6 is 0 Å². The maximum Gasteiger partial charge on any atom is 0.338 e. The minimum atomic E-state index is -1.22. The van der Waals surface area contributed by atoms with E-state index in [9.17, 15) is 19.2 Å². The SMILES string of the molecule is CC(=O)O[C@H]1O[C@@H](n2cc(C)c(=O)n(COCc3ccccc3)c2=O)C[C@@H]1OC(=O)c1ccccc1. The molecule has 188 valence electrons. The molecule has 2 heterocycles. The second-order valence-corrected chi connectivity index (χ2v) is 8.31. The van der Waals surface area contributed by atoms with E-state index in [1.807, 2.05) is 30.3 Å². The van der Waals surface area contributed by atoms with E-state index in [1.54, 1.807) is 37.3 Å². The lowest BCUT2D eigenvalue weighted by Gasteiger charge is -2.18. The van der Waals surface area contributed by atoms with Gasteiger partial charge in [-0.15, -0.1) is 0 Å². The quantitative estimate of drug-likeness (QED) is 0.439. The van der Waals surface area contributed by atoms with Crippen LogP contribution in [0.2, 0.25) is 0 Å². The van der Waals surface area contributed by atoms with E-state index in [-0.39, 0.29) is 25.3 Å². The summed E-state index contributed by atoms with van der Waals surface area (Å²) in [6, 6.07) is 17.7. The lowest BCUT2D eigenvalue weighted by Crippen LogP contribution is -2.42. The highest BCUT2D eigenvalue weighted by atomic mass is 16.7. The van der Waals surface area contributed by atoms with Gasteiger partial charge in [0.25, 0.3) is 5.56 Å². The van der Waals surface area contributed by atoms with Gasteiger partial charge in [-0.3, -0.25) is 14.2 Å². The van der Waals surface area contributed by atoms with Crippen LogP contribution in [0.5, 0.6) is 0 Å². The molecule has 0 radical (unpaired) electrons. The van der Waals surface area contributed by atoms with Gasteiger partial charge in [-0.05, 0) is 24.6 Å². The van der Waals surface area contributed by atoms with Gasteiger partial charge in [-0.25, -0.2) is 14.2 Å². The molecule has 0 unspecified atom stereocenters. The Kier molecular flexibility index (Phi) is 7.77. The van der Waals surface area contributed by atoms with Gasteiger partial charge in [0, 0.05) is 25.1 Å². The zero-order chi connectivity index (χ0) is 25.7. The predicted molar refractivity (Wildman–Crippen MR) is 127 cm³/mol. The zero-order valence-corrected chi connectivity index (χ0v) is 19.9. The van der Waals surface area contributed by atoms with Crippen LogP contribution in [0.4, 0.5) is 0 Å². The summed E-state index contributed by atoms with van der Waals surface area (Å²) in [4.78, 5) is 50.1. The monoisotopic (exact) mass is 494 g/mol.